The second kappa shape index (κ2) is 4.61. The van der Waals surface area contributed by atoms with Crippen molar-refractivity contribution in [2.75, 3.05) is 11.5 Å². The molecule has 2 atom stereocenters. The molecule has 2 unspecified atom stereocenters. The monoisotopic (exact) mass is 330 g/mol. The Hall–Kier alpha value is -0.970. The van der Waals surface area contributed by atoms with Gasteiger partial charge in [0.15, 0.2) is 9.84 Å². The van der Waals surface area contributed by atoms with Crippen molar-refractivity contribution in [3.8, 4) is 6.07 Å². The van der Waals surface area contributed by atoms with Gasteiger partial charge in [0.2, 0.25) is 0 Å². The van der Waals surface area contributed by atoms with Gasteiger partial charge in [0, 0.05) is 10.7 Å². The van der Waals surface area contributed by atoms with Crippen LogP contribution in [0.2, 0.25) is 0 Å². The molecule has 1 N–H and O–H groups in total. The standard InChI is InChI=1S/C11H11BrN2O3S/c12-8-1-2-9(14-5-8)10(15)11(6-13)3-4-18(16,17)7-11/h1-2,5,10,15H,3-4,7H2. The van der Waals surface area contributed by atoms with Crippen molar-refractivity contribution in [3.05, 3.63) is 28.5 Å². The van der Waals surface area contributed by atoms with Crippen molar-refractivity contribution in [1.82, 2.24) is 4.98 Å². The molecule has 5 nitrogen and oxygen atoms in total. The molecule has 0 aliphatic carbocycles. The van der Waals surface area contributed by atoms with Gasteiger partial charge in [-0.3, -0.25) is 4.98 Å². The first kappa shape index (κ1) is 13.5. The maximum Gasteiger partial charge on any atom is 0.152 e. The number of pyridine rings is 1. The second-order valence-electron chi connectivity index (χ2n) is 4.41. The molecule has 0 aromatic carbocycles. The normalized spacial score (nSPS) is 27.6. The molecule has 0 radical (unpaired) electrons. The van der Waals surface area contributed by atoms with E-state index in [-0.39, 0.29) is 17.9 Å². The fourth-order valence-electron chi connectivity index (χ4n) is 2.07. The number of nitriles is 1. The largest absolute Gasteiger partial charge is 0.385 e. The molecule has 0 spiro atoms. The molecular formula is C11H11BrN2O3S. The highest BCUT2D eigenvalue weighted by atomic mass is 79.9. The molecule has 18 heavy (non-hydrogen) atoms. The van der Waals surface area contributed by atoms with Crippen molar-refractivity contribution < 1.29 is 13.5 Å². The van der Waals surface area contributed by atoms with E-state index in [1.807, 2.05) is 6.07 Å². The molecule has 7 heteroatoms. The van der Waals surface area contributed by atoms with Crippen molar-refractivity contribution in [2.24, 2.45) is 5.41 Å². The summed E-state index contributed by atoms with van der Waals surface area (Å²) in [6.45, 7) is 0. The van der Waals surface area contributed by atoms with Crippen molar-refractivity contribution in [3.63, 3.8) is 0 Å². The van der Waals surface area contributed by atoms with Crippen LogP contribution in [-0.4, -0.2) is 30.0 Å². The molecule has 1 fully saturated rings. The summed E-state index contributed by atoms with van der Waals surface area (Å²) in [6.07, 6.45) is 0.463. The van der Waals surface area contributed by atoms with Crippen LogP contribution in [0.3, 0.4) is 0 Å². The SMILES string of the molecule is N#CC1(C(O)c2ccc(Br)cn2)CCS(=O)(=O)C1. The van der Waals surface area contributed by atoms with E-state index >= 15 is 0 Å². The molecule has 2 rings (SSSR count). The number of aliphatic hydroxyl groups excluding tert-OH is 1. The summed E-state index contributed by atoms with van der Waals surface area (Å²) in [5.41, 5.74) is -0.962. The number of hydrogen-bond acceptors (Lipinski definition) is 5. The Labute approximate surface area is 114 Å². The molecule has 1 aliphatic rings. The summed E-state index contributed by atoms with van der Waals surface area (Å²) in [5.74, 6) is -0.371. The Morgan fingerprint density at radius 3 is 2.72 bits per heavy atom. The van der Waals surface area contributed by atoms with Crippen LogP contribution >= 0.6 is 15.9 Å². The number of sulfone groups is 1. The molecule has 2 heterocycles. The van der Waals surface area contributed by atoms with E-state index in [0.29, 0.717) is 5.69 Å². The third-order valence-corrected chi connectivity index (χ3v) is 5.36. The molecule has 96 valence electrons. The Kier molecular flexibility index (Phi) is 3.45. The zero-order chi connectivity index (χ0) is 13.4. The highest BCUT2D eigenvalue weighted by Gasteiger charge is 2.49. The lowest BCUT2D eigenvalue weighted by atomic mass is 9.81. The maximum atomic E-state index is 11.5. The quantitative estimate of drug-likeness (QED) is 0.879. The van der Waals surface area contributed by atoms with Gasteiger partial charge >= 0.3 is 0 Å². The minimum absolute atomic E-state index is 0.0614. The molecular weight excluding hydrogens is 320 g/mol. The van der Waals surface area contributed by atoms with E-state index in [4.69, 9.17) is 0 Å². The number of nitrogens with zero attached hydrogens (tertiary/aromatic N) is 2. The van der Waals surface area contributed by atoms with E-state index in [1.165, 1.54) is 6.20 Å². The summed E-state index contributed by atoms with van der Waals surface area (Å²) in [6, 6.07) is 5.24. The first-order chi connectivity index (χ1) is 8.38. The summed E-state index contributed by atoms with van der Waals surface area (Å²) >= 11 is 3.22. The maximum absolute atomic E-state index is 11.5. The third-order valence-electron chi connectivity index (χ3n) is 3.11. The van der Waals surface area contributed by atoms with E-state index in [9.17, 15) is 18.8 Å². The minimum Gasteiger partial charge on any atom is -0.385 e. The summed E-state index contributed by atoms with van der Waals surface area (Å²) in [7, 11) is -3.25. The predicted molar refractivity (Wildman–Crippen MR) is 68.2 cm³/mol. The van der Waals surface area contributed by atoms with Crippen molar-refractivity contribution in [2.45, 2.75) is 12.5 Å². The number of rotatable bonds is 2. The average Bonchev–Trinajstić information content (AvgIpc) is 2.66. The van der Waals surface area contributed by atoms with Gasteiger partial charge in [-0.05, 0) is 34.5 Å². The van der Waals surface area contributed by atoms with Gasteiger partial charge in [0.25, 0.3) is 0 Å². The Morgan fingerprint density at radius 2 is 2.28 bits per heavy atom. The Bertz CT molecular complexity index is 594. The molecule has 0 saturated carbocycles. The predicted octanol–water partition coefficient (Wildman–Crippen LogP) is 1.21. The van der Waals surface area contributed by atoms with E-state index in [1.54, 1.807) is 12.1 Å². The summed E-state index contributed by atoms with van der Waals surface area (Å²) in [4.78, 5) is 4.02. The highest BCUT2D eigenvalue weighted by Crippen LogP contribution is 2.42. The van der Waals surface area contributed by atoms with E-state index < -0.39 is 21.4 Å². The number of halogens is 1. The highest BCUT2D eigenvalue weighted by molar-refractivity contribution is 9.10. The molecule has 1 aromatic rings. The first-order valence-electron chi connectivity index (χ1n) is 5.30. The minimum atomic E-state index is -3.25. The zero-order valence-electron chi connectivity index (χ0n) is 9.38. The first-order valence-corrected chi connectivity index (χ1v) is 7.91. The molecule has 0 bridgehead atoms. The molecule has 0 amide bonds. The van der Waals surface area contributed by atoms with Crippen LogP contribution in [0.1, 0.15) is 18.2 Å². The van der Waals surface area contributed by atoms with Gasteiger partial charge < -0.3 is 5.11 Å². The topological polar surface area (TPSA) is 91.0 Å². The lowest BCUT2D eigenvalue weighted by Crippen LogP contribution is -2.29. The molecule has 1 aromatic heterocycles. The van der Waals surface area contributed by atoms with Crippen LogP contribution in [0.25, 0.3) is 0 Å². The van der Waals surface area contributed by atoms with Gasteiger partial charge in [-0.2, -0.15) is 5.26 Å². The van der Waals surface area contributed by atoms with Crippen molar-refractivity contribution >= 4 is 25.8 Å². The summed E-state index contributed by atoms with van der Waals surface area (Å²) in [5, 5.41) is 19.5. The average molecular weight is 331 g/mol. The fourth-order valence-corrected chi connectivity index (χ4v) is 4.28. The van der Waals surface area contributed by atoms with Crippen LogP contribution in [0.15, 0.2) is 22.8 Å². The van der Waals surface area contributed by atoms with Crippen LogP contribution in [0.4, 0.5) is 0 Å². The van der Waals surface area contributed by atoms with Gasteiger partial charge in [-0.25, -0.2) is 8.42 Å². The number of hydrogen-bond donors (Lipinski definition) is 1. The van der Waals surface area contributed by atoms with Gasteiger partial charge in [0.05, 0.1) is 23.3 Å². The number of aromatic nitrogens is 1. The van der Waals surface area contributed by atoms with Crippen LogP contribution < -0.4 is 0 Å². The second-order valence-corrected chi connectivity index (χ2v) is 7.51. The third kappa shape index (κ3) is 2.41. The number of aliphatic hydroxyl groups is 1. The van der Waals surface area contributed by atoms with Gasteiger partial charge in [0.1, 0.15) is 11.5 Å². The lowest BCUT2D eigenvalue weighted by molar-refractivity contribution is 0.0754. The van der Waals surface area contributed by atoms with Crippen molar-refractivity contribution in [1.29, 1.82) is 5.26 Å². The smallest absolute Gasteiger partial charge is 0.152 e. The van der Waals surface area contributed by atoms with Crippen LogP contribution in [0.5, 0.6) is 0 Å². The van der Waals surface area contributed by atoms with Crippen LogP contribution in [0, 0.1) is 16.7 Å². The van der Waals surface area contributed by atoms with E-state index in [0.717, 1.165) is 4.47 Å². The zero-order valence-corrected chi connectivity index (χ0v) is 11.8. The fraction of sp³-hybridized carbons (Fsp3) is 0.455. The Morgan fingerprint density at radius 1 is 1.56 bits per heavy atom. The molecule has 1 saturated heterocycles. The Balaban J connectivity index is 2.35. The van der Waals surface area contributed by atoms with Crippen LogP contribution in [-0.2, 0) is 9.84 Å². The van der Waals surface area contributed by atoms with Gasteiger partial charge in [-0.15, -0.1) is 0 Å². The summed E-state index contributed by atoms with van der Waals surface area (Å²) < 4.78 is 23.8. The lowest BCUT2D eigenvalue weighted by Gasteiger charge is -2.25. The van der Waals surface area contributed by atoms with E-state index in [2.05, 4.69) is 20.9 Å². The van der Waals surface area contributed by atoms with Gasteiger partial charge in [-0.1, -0.05) is 0 Å². The molecule has 1 aliphatic heterocycles.